The molecule has 15 nitrogen and oxygen atoms in total. The van der Waals surface area contributed by atoms with Crippen LogP contribution in [-0.2, 0) is 55.6 Å². The van der Waals surface area contributed by atoms with E-state index in [-0.39, 0.29) is 66.3 Å². The van der Waals surface area contributed by atoms with Gasteiger partial charge in [-0.2, -0.15) is 13.7 Å². The van der Waals surface area contributed by atoms with Crippen molar-refractivity contribution in [2.24, 2.45) is 5.73 Å². The number of pyridine rings is 4. The fraction of sp³-hybridized carbons (Fsp3) is 0.333. The monoisotopic (exact) mass is 1490 g/mol. The Balaban J connectivity index is 0.000000406. The smallest absolute Gasteiger partial charge is 1.00 e. The Morgan fingerprint density at radius 3 is 1.43 bits per heavy atom. The first kappa shape index (κ1) is 79.9. The van der Waals surface area contributed by atoms with Gasteiger partial charge in [-0.25, -0.2) is 18.7 Å². The van der Waals surface area contributed by atoms with Crippen LogP contribution in [0.4, 0.5) is 8.78 Å². The van der Waals surface area contributed by atoms with E-state index < -0.39 is 39.2 Å². The van der Waals surface area contributed by atoms with Crippen LogP contribution in [-0.4, -0.2) is 101 Å². The number of aromatic nitrogens is 4. The van der Waals surface area contributed by atoms with Crippen molar-refractivity contribution in [1.29, 1.82) is 10.5 Å². The number of alkyl halides is 2. The number of aryl methyl sites for hydroxylation is 7. The van der Waals surface area contributed by atoms with E-state index in [1.165, 1.54) is 23.3 Å². The van der Waals surface area contributed by atoms with Gasteiger partial charge in [0.1, 0.15) is 34.3 Å². The normalized spacial score (nSPS) is 13.6. The number of nitriles is 1. The number of carbonyl (C=O) groups excluding carboxylic acids is 2. The number of nitrogens with zero attached hydrogens (tertiary/aromatic N) is 8. The van der Waals surface area contributed by atoms with Crippen molar-refractivity contribution in [1.82, 2.24) is 35.1 Å². The molecule has 2 saturated heterocycles. The Bertz CT molecular complexity index is 3440. The predicted molar refractivity (Wildman–Crippen MR) is 345 cm³/mol. The molecule has 3 N–H and O–H groups in total. The molecular weight excluding hydrogens is 1420 g/mol. The number of rotatable bonds is 11. The van der Waals surface area contributed by atoms with Gasteiger partial charge in [0.05, 0.1) is 16.3 Å². The van der Waals surface area contributed by atoms with E-state index in [1.54, 1.807) is 64.5 Å². The molecule has 0 unspecified atom stereocenters. The minimum absolute atomic E-state index is 0. The summed E-state index contributed by atoms with van der Waals surface area (Å²) in [4.78, 5) is 44.7. The summed E-state index contributed by atoms with van der Waals surface area (Å²) in [5.41, 5.74) is 12.8. The maximum absolute atomic E-state index is 15.1. The Morgan fingerprint density at radius 1 is 0.652 bits per heavy atom. The van der Waals surface area contributed by atoms with Crippen molar-refractivity contribution in [3.63, 3.8) is 0 Å². The molecule has 26 heteroatoms. The molecule has 0 radical (unpaired) electrons. The van der Waals surface area contributed by atoms with Crippen molar-refractivity contribution < 1.29 is 59.2 Å². The second-order valence-electron chi connectivity index (χ2n) is 20.4. The van der Waals surface area contributed by atoms with E-state index in [0.29, 0.717) is 65.9 Å². The third kappa shape index (κ3) is 29.8. The van der Waals surface area contributed by atoms with Crippen LogP contribution in [0.2, 0.25) is 10.0 Å². The second-order valence-corrected chi connectivity index (χ2v) is 29.2. The molecule has 89 heavy (non-hydrogen) atoms. The van der Waals surface area contributed by atoms with Gasteiger partial charge in [-0.3, -0.25) is 23.7 Å². The molecule has 2 fully saturated rings. The van der Waals surface area contributed by atoms with Crippen LogP contribution in [0.1, 0.15) is 102 Å². The summed E-state index contributed by atoms with van der Waals surface area (Å²) in [7, 11) is 10.6. The molecule has 0 aliphatic carbocycles. The van der Waals surface area contributed by atoms with Crippen molar-refractivity contribution in [2.75, 3.05) is 39.3 Å². The zero-order valence-corrected chi connectivity index (χ0v) is 58.2. The van der Waals surface area contributed by atoms with Crippen LogP contribution in [0.3, 0.4) is 0 Å². The van der Waals surface area contributed by atoms with Gasteiger partial charge in [-0.1, -0.05) is 77.3 Å². The molecule has 0 atom stereocenters. The molecule has 0 spiro atoms. The van der Waals surface area contributed by atoms with Crippen molar-refractivity contribution >= 4 is 91.4 Å². The molecule has 9 rings (SSSR count). The first-order valence-electron chi connectivity index (χ1n) is 27.1. The standard InChI is InChI=1S/C21H25ClFN3O.C21H23ClFNO4S.C7H10N2.C7H6N2.C6H6BrN.CN.3ClH.Cu.Fe/c1-15-3-6-18(25-12-15)13-24-14-21(23)7-9-26(10-8-21)20(27)17-5-4-16(2)19(22)11-17;1-15-3-7-18(8-4-15)29(26,27)28-14-21(23)9-11-24(12-10-21)20(25)17-6-5-16(2)19(22)13-17;2*1-6-2-3-7(4-8)9-5-6;1-5-2-3-6(7)8-4-5;1-2;;;;;/h3-6,11-12,24H,7-10,13-14H2,1-2H3;3-8,13H,9-12,14H2,1-2H3;2-3,5H,4,8H2,1H3;2-3,5H,1H3;2-4H,1H3;;3*1H;;/q;;;;;-1;;;;+1;+3/p-3. The number of carbonyl (C=O) groups is 2. The minimum atomic E-state index is -4.03. The van der Waals surface area contributed by atoms with Crippen molar-refractivity contribution in [3.05, 3.63) is 222 Å². The number of hydrogen-bond donors (Lipinski definition) is 2. The molecule has 2 aliphatic rings. The number of nitrogens with one attached hydrogen (secondary N) is 1. The Labute approximate surface area is 568 Å². The molecule has 7 aromatic rings. The van der Waals surface area contributed by atoms with E-state index in [1.807, 2.05) is 122 Å². The number of piperidine rings is 2. The molecule has 0 saturated carbocycles. The Morgan fingerprint density at radius 2 is 1.06 bits per heavy atom. The number of amides is 2. The third-order valence-electron chi connectivity index (χ3n) is 13.3. The number of halogens is 8. The predicted octanol–water partition coefficient (Wildman–Crippen LogP) is 14.8. The first-order chi connectivity index (χ1) is 41.6. The van der Waals surface area contributed by atoms with E-state index in [9.17, 15) is 18.0 Å². The topological polar surface area (TPSA) is 221 Å². The van der Waals surface area contributed by atoms with Gasteiger partial charge in [-0.15, -0.1) is 0 Å². The molecular formula is C63H70BrCl5CuF2FeN10O5S. The van der Waals surface area contributed by atoms with Crippen LogP contribution in [0.15, 0.2) is 143 Å². The van der Waals surface area contributed by atoms with Crippen LogP contribution in [0.25, 0.3) is 0 Å². The fourth-order valence-corrected chi connectivity index (χ4v) is 9.50. The van der Waals surface area contributed by atoms with Gasteiger partial charge in [0, 0.05) is 117 Å². The van der Waals surface area contributed by atoms with E-state index in [2.05, 4.69) is 41.2 Å². The molecule has 4 aromatic heterocycles. The number of benzene rings is 3. The zero-order chi connectivity index (χ0) is 65.6. The summed E-state index contributed by atoms with van der Waals surface area (Å²) < 4.78 is 60.6. The van der Waals surface area contributed by atoms with Gasteiger partial charge in [0.15, 0.2) is 0 Å². The molecule has 0 bridgehead atoms. The summed E-state index contributed by atoms with van der Waals surface area (Å²) in [6, 6.07) is 33.9. The van der Waals surface area contributed by atoms with Crippen LogP contribution in [0, 0.1) is 71.6 Å². The Kier molecular flexibility index (Phi) is 36.5. The molecule has 3 aromatic carbocycles. The largest absolute Gasteiger partial charge is 1.00 e. The maximum atomic E-state index is 15.1. The SMILES string of the molecule is Cc1ccc(Br)nc1.Cc1ccc(C#N)nc1.Cc1ccc(CN)nc1.Cc1ccc(CNCC2(F)CCN(C(=O)c3ccc(C)c(Cl)c3)CC2)nc1.Cc1ccc(S(=O)(=O)OCC2(F)CCN(C(=O)c3ccc(C)c(Cl)c3)CC2)cc1.[C-]#N.[Cl][Fe]([Cl])[Cl].[Cu+]. The van der Waals surface area contributed by atoms with Gasteiger partial charge >= 0.3 is 58.5 Å². The summed E-state index contributed by atoms with van der Waals surface area (Å²) >= 11 is 14.1. The molecule has 2 amide bonds. The number of nitrogens with two attached hydrogens (primary N) is 1. The fourth-order valence-electron chi connectivity index (χ4n) is 7.94. The minimum Gasteiger partial charge on any atom is 1.00 e. The second kappa shape index (κ2) is 40.6. The average molecular weight is 1490 g/mol. The van der Waals surface area contributed by atoms with Crippen LogP contribution >= 0.6 is 69.4 Å². The zero-order valence-electron chi connectivity index (χ0n) is 50.0. The van der Waals surface area contributed by atoms with E-state index in [0.717, 1.165) is 43.8 Å². The number of likely N-dealkylation sites (tertiary alicyclic amines) is 2. The van der Waals surface area contributed by atoms with Crippen molar-refractivity contribution in [2.45, 2.75) is 103 Å². The number of hydrogen-bond acceptors (Lipinski definition) is 13. The van der Waals surface area contributed by atoms with Crippen LogP contribution < -0.4 is 11.1 Å². The third-order valence-corrected chi connectivity index (χ3v) is 15.9. The summed E-state index contributed by atoms with van der Waals surface area (Å²) in [6.45, 7) is 20.2. The molecule has 6 heterocycles. The molecule has 483 valence electrons. The van der Waals surface area contributed by atoms with Crippen LogP contribution in [0.5, 0.6) is 0 Å². The summed E-state index contributed by atoms with van der Waals surface area (Å²) in [5.74, 6) is -0.307. The quantitative estimate of drug-likeness (QED) is 0.0533. The average Bonchev–Trinajstić information content (AvgIpc) is 3.62. The van der Waals surface area contributed by atoms with Gasteiger partial charge in [0.2, 0.25) is 0 Å². The first-order valence-corrected chi connectivity index (χ1v) is 34.6. The van der Waals surface area contributed by atoms with E-state index >= 15 is 8.78 Å². The van der Waals surface area contributed by atoms with Crippen molar-refractivity contribution in [3.8, 4) is 6.07 Å². The Hall–Kier alpha value is -5.16. The maximum Gasteiger partial charge on any atom is 1.00 e. The summed E-state index contributed by atoms with van der Waals surface area (Å²) in [5, 5.41) is 18.8. The molecule has 2 aliphatic heterocycles. The van der Waals surface area contributed by atoms with Gasteiger partial charge < -0.3 is 32.7 Å². The van der Waals surface area contributed by atoms with Gasteiger partial charge in [-0.05, 0) is 158 Å². The van der Waals surface area contributed by atoms with E-state index in [4.69, 9.17) is 80.5 Å². The van der Waals surface area contributed by atoms with Gasteiger partial charge in [0.25, 0.3) is 21.9 Å². The summed E-state index contributed by atoms with van der Waals surface area (Å²) in [6.07, 6.45) is 7.79.